The van der Waals surface area contributed by atoms with Crippen molar-refractivity contribution < 1.29 is 18.7 Å². The molecule has 1 aliphatic heterocycles. The van der Waals surface area contributed by atoms with Gasteiger partial charge in [-0.05, 0) is 25.5 Å². The lowest BCUT2D eigenvalue weighted by Crippen LogP contribution is -2.36. The van der Waals surface area contributed by atoms with Gasteiger partial charge in [0.25, 0.3) is 5.91 Å². The molecule has 0 radical (unpaired) electrons. The SMILES string of the molecule is CCOCc1ccc2c(c1F)NC(=O)C(CC)O2. The molecule has 1 aliphatic rings. The second-order valence-electron chi connectivity index (χ2n) is 4.05. The number of carbonyl (C=O) groups is 1. The minimum absolute atomic E-state index is 0.113. The molecule has 1 N–H and O–H groups in total. The third kappa shape index (κ3) is 2.31. The first-order valence-electron chi connectivity index (χ1n) is 6.04. The Balaban J connectivity index is 2.29. The van der Waals surface area contributed by atoms with E-state index in [0.29, 0.717) is 24.3 Å². The molecule has 1 heterocycles. The van der Waals surface area contributed by atoms with E-state index in [-0.39, 0.29) is 18.2 Å². The average molecular weight is 253 g/mol. The Hall–Kier alpha value is -1.62. The minimum Gasteiger partial charge on any atom is -0.478 e. The zero-order valence-corrected chi connectivity index (χ0v) is 10.5. The summed E-state index contributed by atoms with van der Waals surface area (Å²) in [6.07, 6.45) is 0.00257. The number of hydrogen-bond donors (Lipinski definition) is 1. The molecule has 18 heavy (non-hydrogen) atoms. The van der Waals surface area contributed by atoms with E-state index in [2.05, 4.69) is 5.32 Å². The van der Waals surface area contributed by atoms with Gasteiger partial charge < -0.3 is 14.8 Å². The van der Waals surface area contributed by atoms with Crippen LogP contribution in [0.3, 0.4) is 0 Å². The van der Waals surface area contributed by atoms with Crippen molar-refractivity contribution in [3.63, 3.8) is 0 Å². The van der Waals surface area contributed by atoms with Crippen molar-refractivity contribution >= 4 is 11.6 Å². The number of halogens is 1. The summed E-state index contributed by atoms with van der Waals surface area (Å²) in [5, 5.41) is 2.55. The van der Waals surface area contributed by atoms with Gasteiger partial charge in [0.05, 0.1) is 6.61 Å². The summed E-state index contributed by atoms with van der Waals surface area (Å²) in [5.41, 5.74) is 0.524. The first-order chi connectivity index (χ1) is 8.67. The van der Waals surface area contributed by atoms with Crippen LogP contribution in [0.1, 0.15) is 25.8 Å². The lowest BCUT2D eigenvalue weighted by molar-refractivity contribution is -0.123. The van der Waals surface area contributed by atoms with Crippen molar-refractivity contribution in [2.75, 3.05) is 11.9 Å². The lowest BCUT2D eigenvalue weighted by Gasteiger charge is -2.26. The lowest BCUT2D eigenvalue weighted by atomic mass is 10.1. The van der Waals surface area contributed by atoms with Gasteiger partial charge in [-0.15, -0.1) is 0 Å². The molecule has 0 fully saturated rings. The van der Waals surface area contributed by atoms with Crippen LogP contribution in [0, 0.1) is 5.82 Å². The highest BCUT2D eigenvalue weighted by atomic mass is 19.1. The predicted octanol–water partition coefficient (Wildman–Crippen LogP) is 2.47. The molecule has 1 aromatic rings. The number of fused-ring (bicyclic) bond motifs is 1. The van der Waals surface area contributed by atoms with Gasteiger partial charge in [0, 0.05) is 12.2 Å². The monoisotopic (exact) mass is 253 g/mol. The van der Waals surface area contributed by atoms with Crippen LogP contribution in [-0.4, -0.2) is 18.6 Å². The van der Waals surface area contributed by atoms with Gasteiger partial charge in [0.1, 0.15) is 11.4 Å². The van der Waals surface area contributed by atoms with Crippen LogP contribution in [0.15, 0.2) is 12.1 Å². The first-order valence-corrected chi connectivity index (χ1v) is 6.04. The topological polar surface area (TPSA) is 47.6 Å². The summed E-state index contributed by atoms with van der Waals surface area (Å²) < 4.78 is 24.7. The van der Waals surface area contributed by atoms with Crippen molar-refractivity contribution in [2.45, 2.75) is 33.0 Å². The third-order valence-electron chi connectivity index (χ3n) is 2.83. The maximum Gasteiger partial charge on any atom is 0.265 e. The molecule has 98 valence electrons. The second-order valence-corrected chi connectivity index (χ2v) is 4.05. The summed E-state index contributed by atoms with van der Waals surface area (Å²) in [6.45, 7) is 4.38. The zero-order chi connectivity index (χ0) is 13.1. The Morgan fingerprint density at radius 2 is 2.22 bits per heavy atom. The van der Waals surface area contributed by atoms with Gasteiger partial charge in [-0.3, -0.25) is 4.79 Å². The maximum absolute atomic E-state index is 14.1. The Labute approximate surface area is 105 Å². The van der Waals surface area contributed by atoms with Crippen molar-refractivity contribution in [1.82, 2.24) is 0 Å². The van der Waals surface area contributed by atoms with Crippen molar-refractivity contribution in [3.8, 4) is 5.75 Å². The largest absolute Gasteiger partial charge is 0.478 e. The van der Waals surface area contributed by atoms with Crippen LogP contribution in [0.5, 0.6) is 5.75 Å². The van der Waals surface area contributed by atoms with E-state index in [4.69, 9.17) is 9.47 Å². The minimum atomic E-state index is -0.547. The van der Waals surface area contributed by atoms with Crippen LogP contribution in [0.2, 0.25) is 0 Å². The second kappa shape index (κ2) is 5.35. The van der Waals surface area contributed by atoms with Gasteiger partial charge >= 0.3 is 0 Å². The van der Waals surface area contributed by atoms with Gasteiger partial charge in [-0.2, -0.15) is 0 Å². The summed E-state index contributed by atoms with van der Waals surface area (Å²) in [5.74, 6) is -0.416. The quantitative estimate of drug-likeness (QED) is 0.896. The normalized spacial score (nSPS) is 17.9. The van der Waals surface area contributed by atoms with Crippen LogP contribution in [-0.2, 0) is 16.1 Å². The number of hydrogen-bond acceptors (Lipinski definition) is 3. The summed E-state index contributed by atoms with van der Waals surface area (Å²) in [6, 6.07) is 3.28. The molecule has 0 spiro atoms. The molecule has 2 rings (SSSR count). The highest BCUT2D eigenvalue weighted by Gasteiger charge is 2.29. The number of ether oxygens (including phenoxy) is 2. The number of anilines is 1. The molecule has 1 aromatic carbocycles. The van der Waals surface area contributed by atoms with Gasteiger partial charge in [-0.25, -0.2) is 4.39 Å². The molecule has 0 saturated carbocycles. The Morgan fingerprint density at radius 1 is 1.44 bits per heavy atom. The fraction of sp³-hybridized carbons (Fsp3) is 0.462. The van der Waals surface area contributed by atoms with Crippen LogP contribution >= 0.6 is 0 Å². The summed E-state index contributed by atoms with van der Waals surface area (Å²) in [7, 11) is 0. The van der Waals surface area contributed by atoms with Crippen LogP contribution in [0.4, 0.5) is 10.1 Å². The van der Waals surface area contributed by atoms with Gasteiger partial charge in [0.15, 0.2) is 11.9 Å². The molecule has 1 amide bonds. The van der Waals surface area contributed by atoms with E-state index in [1.807, 2.05) is 13.8 Å². The smallest absolute Gasteiger partial charge is 0.265 e. The number of rotatable bonds is 4. The maximum atomic E-state index is 14.1. The number of nitrogens with one attached hydrogen (secondary N) is 1. The van der Waals surface area contributed by atoms with E-state index >= 15 is 0 Å². The Bertz CT molecular complexity index is 462. The van der Waals surface area contributed by atoms with Crippen LogP contribution in [0.25, 0.3) is 0 Å². The fourth-order valence-corrected chi connectivity index (χ4v) is 1.82. The number of benzene rings is 1. The molecule has 1 unspecified atom stereocenters. The van der Waals surface area contributed by atoms with Gasteiger partial charge in [-0.1, -0.05) is 6.92 Å². The molecular weight excluding hydrogens is 237 g/mol. The number of amides is 1. The molecular formula is C13H16FNO3. The molecule has 0 saturated heterocycles. The highest BCUT2D eigenvalue weighted by Crippen LogP contribution is 2.34. The highest BCUT2D eigenvalue weighted by molar-refractivity contribution is 5.97. The molecule has 5 heteroatoms. The van der Waals surface area contributed by atoms with E-state index in [9.17, 15) is 9.18 Å². The van der Waals surface area contributed by atoms with E-state index in [0.717, 1.165) is 0 Å². The summed E-state index contributed by atoms with van der Waals surface area (Å²) >= 11 is 0. The van der Waals surface area contributed by atoms with Crippen molar-refractivity contribution in [1.29, 1.82) is 0 Å². The first kappa shape index (κ1) is 12.8. The fourth-order valence-electron chi connectivity index (χ4n) is 1.82. The third-order valence-corrected chi connectivity index (χ3v) is 2.83. The zero-order valence-electron chi connectivity index (χ0n) is 10.5. The summed E-state index contributed by atoms with van der Waals surface area (Å²) in [4.78, 5) is 11.6. The van der Waals surface area contributed by atoms with E-state index < -0.39 is 11.9 Å². The Morgan fingerprint density at radius 3 is 2.89 bits per heavy atom. The molecule has 0 aromatic heterocycles. The molecule has 1 atom stereocenters. The molecule has 0 aliphatic carbocycles. The van der Waals surface area contributed by atoms with Crippen molar-refractivity contribution in [3.05, 3.63) is 23.5 Å². The molecule has 0 bridgehead atoms. The standard InChI is InChI=1S/C13H16FNO3/c1-3-9-13(16)15-12-10(18-9)6-5-8(11(12)14)7-17-4-2/h5-6,9H,3-4,7H2,1-2H3,(H,15,16). The molecule has 4 nitrogen and oxygen atoms in total. The van der Waals surface area contributed by atoms with Crippen molar-refractivity contribution in [2.24, 2.45) is 0 Å². The van der Waals surface area contributed by atoms with E-state index in [1.54, 1.807) is 12.1 Å². The number of carbonyl (C=O) groups excluding carboxylic acids is 1. The van der Waals surface area contributed by atoms with Gasteiger partial charge in [0.2, 0.25) is 0 Å². The van der Waals surface area contributed by atoms with Crippen LogP contribution < -0.4 is 10.1 Å². The Kier molecular flexibility index (Phi) is 3.81. The predicted molar refractivity (Wildman–Crippen MR) is 65.1 cm³/mol. The average Bonchev–Trinajstić information content (AvgIpc) is 2.38. The van der Waals surface area contributed by atoms with E-state index in [1.165, 1.54) is 0 Å².